The predicted molar refractivity (Wildman–Crippen MR) is 112 cm³/mol. The number of rotatable bonds is 1. The van der Waals surface area contributed by atoms with Crippen molar-refractivity contribution in [3.63, 3.8) is 0 Å². The Kier molecular flexibility index (Phi) is 3.35. The predicted octanol–water partition coefficient (Wildman–Crippen LogP) is 6.00. The zero-order valence-corrected chi connectivity index (χ0v) is 15.8. The quantitative estimate of drug-likeness (QED) is 0.371. The van der Waals surface area contributed by atoms with Crippen molar-refractivity contribution in [2.45, 2.75) is 26.2 Å². The average molecular weight is 351 g/mol. The van der Waals surface area contributed by atoms with Crippen LogP contribution in [0.15, 0.2) is 73.2 Å². The molecule has 0 saturated heterocycles. The maximum atomic E-state index is 4.76. The Morgan fingerprint density at radius 1 is 0.852 bits per heavy atom. The molecular formula is C24H21N3. The third-order valence-corrected chi connectivity index (χ3v) is 5.22. The zero-order chi connectivity index (χ0) is 18.6. The Morgan fingerprint density at radius 3 is 2.56 bits per heavy atom. The van der Waals surface area contributed by atoms with E-state index < -0.39 is 0 Å². The molecule has 0 aliphatic rings. The lowest BCUT2D eigenvalue weighted by atomic mass is 9.82. The van der Waals surface area contributed by atoms with E-state index in [0.717, 1.165) is 27.8 Å². The minimum atomic E-state index is 0.0596. The third-order valence-electron chi connectivity index (χ3n) is 5.22. The second kappa shape index (κ2) is 5.65. The van der Waals surface area contributed by atoms with E-state index in [1.165, 1.54) is 16.3 Å². The second-order valence-corrected chi connectivity index (χ2v) is 8.11. The Balaban J connectivity index is 1.80. The summed E-state index contributed by atoms with van der Waals surface area (Å²) in [5, 5.41) is 3.68. The number of aromatic nitrogens is 3. The molecule has 0 N–H and O–H groups in total. The first-order chi connectivity index (χ1) is 13.0. The summed E-state index contributed by atoms with van der Waals surface area (Å²) < 4.78 is 2.12. The number of benzene rings is 2. The highest BCUT2D eigenvalue weighted by atomic mass is 15.0. The van der Waals surface area contributed by atoms with Crippen LogP contribution in [0.1, 0.15) is 26.3 Å². The van der Waals surface area contributed by atoms with E-state index in [1.807, 2.05) is 24.7 Å². The molecule has 0 bridgehead atoms. The van der Waals surface area contributed by atoms with E-state index in [9.17, 15) is 0 Å². The van der Waals surface area contributed by atoms with Gasteiger partial charge < -0.3 is 0 Å². The Bertz CT molecular complexity index is 1310. The molecule has 0 spiro atoms. The molecule has 3 heterocycles. The fraction of sp³-hybridized carbons (Fsp3) is 0.167. The highest BCUT2D eigenvalue weighted by molar-refractivity contribution is 5.92. The topological polar surface area (TPSA) is 30.2 Å². The van der Waals surface area contributed by atoms with E-state index in [0.29, 0.717) is 0 Å². The molecule has 3 aromatic heterocycles. The van der Waals surface area contributed by atoms with Gasteiger partial charge >= 0.3 is 0 Å². The van der Waals surface area contributed by atoms with Gasteiger partial charge in [-0.05, 0) is 52.1 Å². The van der Waals surface area contributed by atoms with Crippen molar-refractivity contribution in [3.05, 3.63) is 78.8 Å². The fourth-order valence-corrected chi connectivity index (χ4v) is 3.84. The Labute approximate surface area is 158 Å². The van der Waals surface area contributed by atoms with Crippen LogP contribution in [0.25, 0.3) is 38.6 Å². The van der Waals surface area contributed by atoms with E-state index in [1.54, 1.807) is 0 Å². The molecule has 3 nitrogen and oxygen atoms in total. The molecule has 0 saturated carbocycles. The number of pyridine rings is 2. The summed E-state index contributed by atoms with van der Waals surface area (Å²) in [6.45, 7) is 6.80. The van der Waals surface area contributed by atoms with Crippen molar-refractivity contribution in [2.24, 2.45) is 0 Å². The van der Waals surface area contributed by atoms with Crippen LogP contribution in [0.2, 0.25) is 0 Å². The smallest absolute Gasteiger partial charge is 0.137 e. The van der Waals surface area contributed by atoms with Gasteiger partial charge in [0.25, 0.3) is 0 Å². The SMILES string of the molecule is CC(C)(C)c1cc(-c2cc3c(ccc4nccn43)cn2)cc2ccccc12. The molecule has 5 rings (SSSR count). The van der Waals surface area contributed by atoms with Crippen LogP contribution in [0, 0.1) is 0 Å². The first kappa shape index (κ1) is 16.0. The summed E-state index contributed by atoms with van der Waals surface area (Å²) >= 11 is 0. The molecule has 0 amide bonds. The van der Waals surface area contributed by atoms with Crippen LogP contribution in [0.3, 0.4) is 0 Å². The molecule has 132 valence electrons. The van der Waals surface area contributed by atoms with Gasteiger partial charge in [0.15, 0.2) is 0 Å². The largest absolute Gasteiger partial charge is 0.300 e. The summed E-state index contributed by atoms with van der Waals surface area (Å²) in [6.07, 6.45) is 5.79. The van der Waals surface area contributed by atoms with Crippen LogP contribution in [0.5, 0.6) is 0 Å². The minimum Gasteiger partial charge on any atom is -0.300 e. The number of fused-ring (bicyclic) bond motifs is 4. The van der Waals surface area contributed by atoms with Crippen LogP contribution < -0.4 is 0 Å². The van der Waals surface area contributed by atoms with E-state index in [2.05, 4.69) is 78.7 Å². The maximum Gasteiger partial charge on any atom is 0.137 e. The van der Waals surface area contributed by atoms with Crippen LogP contribution in [-0.2, 0) is 5.41 Å². The molecule has 0 fully saturated rings. The summed E-state index contributed by atoms with van der Waals surface area (Å²) in [7, 11) is 0. The molecular weight excluding hydrogens is 330 g/mol. The van der Waals surface area contributed by atoms with Crippen molar-refractivity contribution >= 4 is 27.3 Å². The summed E-state index contributed by atoms with van der Waals surface area (Å²) in [4.78, 5) is 9.17. The second-order valence-electron chi connectivity index (χ2n) is 8.11. The number of hydrogen-bond donors (Lipinski definition) is 0. The summed E-state index contributed by atoms with van der Waals surface area (Å²) in [5.74, 6) is 0. The molecule has 0 atom stereocenters. The minimum absolute atomic E-state index is 0.0596. The van der Waals surface area contributed by atoms with Crippen LogP contribution in [0.4, 0.5) is 0 Å². The Morgan fingerprint density at radius 2 is 1.70 bits per heavy atom. The standard InChI is InChI=1S/C24H21N3/c1-24(2,3)20-13-18(12-16-6-4-5-7-19(16)20)21-14-22-17(15-26-21)8-9-23-25-10-11-27(22)23/h4-15H,1-3H3. The normalized spacial score (nSPS) is 12.3. The van der Waals surface area contributed by atoms with Gasteiger partial charge in [0, 0.05) is 29.5 Å². The summed E-state index contributed by atoms with van der Waals surface area (Å²) in [6, 6.07) is 19.4. The van der Waals surface area contributed by atoms with Crippen molar-refractivity contribution < 1.29 is 0 Å². The first-order valence-electron chi connectivity index (χ1n) is 9.26. The molecule has 0 aliphatic carbocycles. The van der Waals surface area contributed by atoms with Crippen molar-refractivity contribution in [2.75, 3.05) is 0 Å². The van der Waals surface area contributed by atoms with Gasteiger partial charge in [0.05, 0.1) is 11.2 Å². The number of hydrogen-bond acceptors (Lipinski definition) is 2. The molecule has 0 aliphatic heterocycles. The first-order valence-corrected chi connectivity index (χ1v) is 9.26. The van der Waals surface area contributed by atoms with Gasteiger partial charge in [-0.15, -0.1) is 0 Å². The van der Waals surface area contributed by atoms with Crippen LogP contribution >= 0.6 is 0 Å². The van der Waals surface area contributed by atoms with E-state index >= 15 is 0 Å². The average Bonchev–Trinajstić information content (AvgIpc) is 3.15. The molecule has 5 aromatic rings. The third kappa shape index (κ3) is 2.58. The van der Waals surface area contributed by atoms with Gasteiger partial charge in [-0.2, -0.15) is 0 Å². The van der Waals surface area contributed by atoms with Crippen LogP contribution in [-0.4, -0.2) is 14.4 Å². The lowest BCUT2D eigenvalue weighted by Crippen LogP contribution is -2.12. The van der Waals surface area contributed by atoms with E-state index in [4.69, 9.17) is 4.98 Å². The highest BCUT2D eigenvalue weighted by Crippen LogP contribution is 2.34. The van der Waals surface area contributed by atoms with Gasteiger partial charge in [-0.1, -0.05) is 45.0 Å². The monoisotopic (exact) mass is 351 g/mol. The zero-order valence-electron chi connectivity index (χ0n) is 15.8. The lowest BCUT2D eigenvalue weighted by molar-refractivity contribution is 0.596. The van der Waals surface area contributed by atoms with E-state index in [-0.39, 0.29) is 5.41 Å². The van der Waals surface area contributed by atoms with Gasteiger partial charge in [-0.25, -0.2) is 4.98 Å². The number of imidazole rings is 1. The fourth-order valence-electron chi connectivity index (χ4n) is 3.84. The lowest BCUT2D eigenvalue weighted by Gasteiger charge is -2.22. The number of nitrogens with zero attached hydrogens (tertiary/aromatic N) is 3. The maximum absolute atomic E-state index is 4.76. The molecule has 2 aromatic carbocycles. The molecule has 3 heteroatoms. The van der Waals surface area contributed by atoms with Crippen molar-refractivity contribution in [3.8, 4) is 11.3 Å². The van der Waals surface area contributed by atoms with Crippen molar-refractivity contribution in [1.29, 1.82) is 0 Å². The van der Waals surface area contributed by atoms with Crippen molar-refractivity contribution in [1.82, 2.24) is 14.4 Å². The van der Waals surface area contributed by atoms with Gasteiger partial charge in [0.2, 0.25) is 0 Å². The van der Waals surface area contributed by atoms with Gasteiger partial charge in [-0.3, -0.25) is 9.38 Å². The molecule has 0 unspecified atom stereocenters. The molecule has 0 radical (unpaired) electrons. The summed E-state index contributed by atoms with van der Waals surface area (Å²) in [5.41, 5.74) is 5.62. The highest BCUT2D eigenvalue weighted by Gasteiger charge is 2.18. The molecule has 27 heavy (non-hydrogen) atoms. The van der Waals surface area contributed by atoms with Gasteiger partial charge in [0.1, 0.15) is 5.65 Å². The Hall–Kier alpha value is -3.20.